The summed E-state index contributed by atoms with van der Waals surface area (Å²) in [6.45, 7) is -0.268. The summed E-state index contributed by atoms with van der Waals surface area (Å²) in [4.78, 5) is 22.4. The Morgan fingerprint density at radius 1 is 1.33 bits per heavy atom. The topological polar surface area (TPSA) is 105 Å². The first-order chi connectivity index (χ1) is 10.1. The summed E-state index contributed by atoms with van der Waals surface area (Å²) < 4.78 is 6.33. The minimum Gasteiger partial charge on any atom is -0.495 e. The van der Waals surface area contributed by atoms with Crippen molar-refractivity contribution in [3.63, 3.8) is 0 Å². The third-order valence-electron chi connectivity index (χ3n) is 2.54. The summed E-state index contributed by atoms with van der Waals surface area (Å²) in [7, 11) is 1.51. The molecular formula is C13H14N4O4. The van der Waals surface area contributed by atoms with Crippen molar-refractivity contribution in [3.05, 3.63) is 36.7 Å². The zero-order valence-corrected chi connectivity index (χ0v) is 11.2. The molecule has 0 atom stereocenters. The van der Waals surface area contributed by atoms with E-state index < -0.39 is 12.0 Å². The second-order valence-electron chi connectivity index (χ2n) is 4.10. The molecule has 21 heavy (non-hydrogen) atoms. The number of anilines is 2. The highest BCUT2D eigenvalue weighted by molar-refractivity contribution is 6.00. The van der Waals surface area contributed by atoms with Crippen molar-refractivity contribution in [3.8, 4) is 5.75 Å². The molecule has 110 valence electrons. The maximum absolute atomic E-state index is 11.9. The van der Waals surface area contributed by atoms with Gasteiger partial charge in [-0.3, -0.25) is 9.48 Å². The lowest BCUT2D eigenvalue weighted by Crippen LogP contribution is -2.19. The monoisotopic (exact) mass is 290 g/mol. The van der Waals surface area contributed by atoms with Crippen LogP contribution in [0.1, 0.15) is 0 Å². The number of aromatic nitrogens is 2. The van der Waals surface area contributed by atoms with Crippen molar-refractivity contribution in [2.24, 2.45) is 0 Å². The Balaban J connectivity index is 1.98. The smallest absolute Gasteiger partial charge is 0.325 e. The van der Waals surface area contributed by atoms with Gasteiger partial charge < -0.3 is 20.5 Å². The van der Waals surface area contributed by atoms with E-state index in [0.29, 0.717) is 17.1 Å². The summed E-state index contributed by atoms with van der Waals surface area (Å²) >= 11 is 0. The van der Waals surface area contributed by atoms with Gasteiger partial charge >= 0.3 is 12.0 Å². The SMILES string of the molecule is COc1ccccc1NC(=O)Nc1cnn(CC(=O)O)c1. The molecule has 1 aromatic carbocycles. The molecule has 0 spiro atoms. The molecule has 2 amide bonds. The highest BCUT2D eigenvalue weighted by Gasteiger charge is 2.08. The largest absolute Gasteiger partial charge is 0.495 e. The number of urea groups is 1. The van der Waals surface area contributed by atoms with E-state index in [-0.39, 0.29) is 6.54 Å². The fraction of sp³-hybridized carbons (Fsp3) is 0.154. The van der Waals surface area contributed by atoms with Gasteiger partial charge in [0, 0.05) is 6.20 Å². The lowest BCUT2D eigenvalue weighted by atomic mass is 10.3. The van der Waals surface area contributed by atoms with Crippen LogP contribution in [0, 0.1) is 0 Å². The Morgan fingerprint density at radius 3 is 2.81 bits per heavy atom. The molecule has 0 aliphatic heterocycles. The normalized spacial score (nSPS) is 9.95. The molecular weight excluding hydrogens is 276 g/mol. The number of carboxylic acids is 1. The average Bonchev–Trinajstić information content (AvgIpc) is 2.85. The molecule has 0 bridgehead atoms. The summed E-state index contributed by atoms with van der Waals surface area (Å²) in [5, 5.41) is 17.6. The fourth-order valence-electron chi connectivity index (χ4n) is 1.69. The fourth-order valence-corrected chi connectivity index (χ4v) is 1.69. The standard InChI is InChI=1S/C13H14N4O4/c1-21-11-5-3-2-4-10(11)16-13(20)15-9-6-14-17(7-9)8-12(18)19/h2-7H,8H2,1H3,(H,18,19)(H2,15,16,20). The predicted molar refractivity (Wildman–Crippen MR) is 75.5 cm³/mol. The molecule has 8 heteroatoms. The third-order valence-corrected chi connectivity index (χ3v) is 2.54. The molecule has 0 unspecified atom stereocenters. The van der Waals surface area contributed by atoms with Gasteiger partial charge in [0.05, 0.1) is 24.7 Å². The van der Waals surface area contributed by atoms with Gasteiger partial charge in [0.25, 0.3) is 0 Å². The molecule has 0 aliphatic rings. The van der Waals surface area contributed by atoms with Crippen molar-refractivity contribution >= 4 is 23.4 Å². The molecule has 2 rings (SSSR count). The molecule has 3 N–H and O–H groups in total. The van der Waals surface area contributed by atoms with Crippen molar-refractivity contribution in [2.45, 2.75) is 6.54 Å². The van der Waals surface area contributed by atoms with Crippen molar-refractivity contribution in [1.29, 1.82) is 0 Å². The first-order valence-electron chi connectivity index (χ1n) is 6.04. The third kappa shape index (κ3) is 3.96. The van der Waals surface area contributed by atoms with Gasteiger partial charge in [0.1, 0.15) is 12.3 Å². The van der Waals surface area contributed by atoms with Gasteiger partial charge in [-0.15, -0.1) is 0 Å². The van der Waals surface area contributed by atoms with E-state index in [0.717, 1.165) is 0 Å². The van der Waals surface area contributed by atoms with Crippen LogP contribution in [-0.4, -0.2) is 34.0 Å². The van der Waals surface area contributed by atoms with Crippen LogP contribution in [-0.2, 0) is 11.3 Å². The number of para-hydroxylation sites is 2. The molecule has 0 fully saturated rings. The number of carboxylic acid groups (broad SMARTS) is 1. The summed E-state index contributed by atoms with van der Waals surface area (Å²) in [6, 6.07) is 6.50. The van der Waals surface area contributed by atoms with E-state index in [2.05, 4.69) is 15.7 Å². The van der Waals surface area contributed by atoms with Crippen LogP contribution in [0.5, 0.6) is 5.75 Å². The number of nitrogens with one attached hydrogen (secondary N) is 2. The lowest BCUT2D eigenvalue weighted by Gasteiger charge is -2.09. The Labute approximate surface area is 120 Å². The summed E-state index contributed by atoms with van der Waals surface area (Å²) in [6.07, 6.45) is 2.79. The minimum absolute atomic E-state index is 0.268. The number of aliphatic carboxylic acids is 1. The van der Waals surface area contributed by atoms with Crippen LogP contribution < -0.4 is 15.4 Å². The van der Waals surface area contributed by atoms with Crippen LogP contribution in [0.25, 0.3) is 0 Å². The number of amides is 2. The highest BCUT2D eigenvalue weighted by atomic mass is 16.5. The minimum atomic E-state index is -1.01. The van der Waals surface area contributed by atoms with Crippen LogP contribution >= 0.6 is 0 Å². The Bertz CT molecular complexity index is 653. The van der Waals surface area contributed by atoms with E-state index >= 15 is 0 Å². The van der Waals surface area contributed by atoms with Crippen LogP contribution in [0.3, 0.4) is 0 Å². The van der Waals surface area contributed by atoms with Crippen molar-refractivity contribution in [2.75, 3.05) is 17.7 Å². The summed E-state index contributed by atoms with van der Waals surface area (Å²) in [5.41, 5.74) is 0.916. The number of hydrogen-bond donors (Lipinski definition) is 3. The molecule has 8 nitrogen and oxygen atoms in total. The molecule has 0 radical (unpaired) electrons. The lowest BCUT2D eigenvalue weighted by molar-refractivity contribution is -0.137. The molecule has 1 aromatic heterocycles. The van der Waals surface area contributed by atoms with Crippen LogP contribution in [0.4, 0.5) is 16.2 Å². The number of rotatable bonds is 5. The number of carbonyl (C=O) groups is 2. The highest BCUT2D eigenvalue weighted by Crippen LogP contribution is 2.23. The van der Waals surface area contributed by atoms with Crippen LogP contribution in [0.15, 0.2) is 36.7 Å². The number of methoxy groups -OCH3 is 1. The van der Waals surface area contributed by atoms with Crippen molar-refractivity contribution < 1.29 is 19.4 Å². The number of carbonyl (C=O) groups excluding carboxylic acids is 1. The van der Waals surface area contributed by atoms with E-state index in [1.54, 1.807) is 24.3 Å². The zero-order chi connectivity index (χ0) is 15.2. The quantitative estimate of drug-likeness (QED) is 0.776. The Hall–Kier alpha value is -3.03. The number of nitrogens with zero attached hydrogens (tertiary/aromatic N) is 2. The van der Waals surface area contributed by atoms with Gasteiger partial charge in [-0.2, -0.15) is 5.10 Å². The first-order valence-corrected chi connectivity index (χ1v) is 6.04. The van der Waals surface area contributed by atoms with Gasteiger partial charge in [0.15, 0.2) is 0 Å². The second-order valence-corrected chi connectivity index (χ2v) is 4.10. The van der Waals surface area contributed by atoms with Crippen molar-refractivity contribution in [1.82, 2.24) is 9.78 Å². The van der Waals surface area contributed by atoms with Gasteiger partial charge in [-0.05, 0) is 12.1 Å². The second kappa shape index (κ2) is 6.42. The average molecular weight is 290 g/mol. The molecule has 0 aliphatic carbocycles. The summed E-state index contributed by atoms with van der Waals surface area (Å²) in [5.74, 6) is -0.475. The number of benzene rings is 1. The van der Waals surface area contributed by atoms with E-state index in [1.807, 2.05) is 0 Å². The molecule has 1 heterocycles. The molecule has 0 saturated carbocycles. The van der Waals surface area contributed by atoms with Gasteiger partial charge in [-0.25, -0.2) is 4.79 Å². The molecule has 2 aromatic rings. The van der Waals surface area contributed by atoms with Crippen LogP contribution in [0.2, 0.25) is 0 Å². The Kier molecular flexibility index (Phi) is 4.39. The maximum Gasteiger partial charge on any atom is 0.325 e. The van der Waals surface area contributed by atoms with Gasteiger partial charge in [0.2, 0.25) is 0 Å². The predicted octanol–water partition coefficient (Wildman–Crippen LogP) is 1.62. The number of ether oxygens (including phenoxy) is 1. The first kappa shape index (κ1) is 14.4. The zero-order valence-electron chi connectivity index (χ0n) is 11.2. The van der Waals surface area contributed by atoms with E-state index in [4.69, 9.17) is 9.84 Å². The van der Waals surface area contributed by atoms with E-state index in [9.17, 15) is 9.59 Å². The van der Waals surface area contributed by atoms with Gasteiger partial charge in [-0.1, -0.05) is 12.1 Å². The van der Waals surface area contributed by atoms with E-state index in [1.165, 1.54) is 24.2 Å². The number of hydrogen-bond acceptors (Lipinski definition) is 4. The molecule has 0 saturated heterocycles. The Morgan fingerprint density at radius 2 is 2.10 bits per heavy atom. The maximum atomic E-state index is 11.9.